The summed E-state index contributed by atoms with van der Waals surface area (Å²) in [7, 11) is -3.17. The molecule has 1 aromatic rings. The van der Waals surface area contributed by atoms with Crippen molar-refractivity contribution >= 4 is 25.8 Å². The third-order valence-electron chi connectivity index (χ3n) is 4.19. The van der Waals surface area contributed by atoms with E-state index in [1.54, 1.807) is 24.3 Å². The smallest absolute Gasteiger partial charge is 0.178 e. The number of rotatable bonds is 3. The molecular weight excluding hydrogens is 350 g/mol. The minimum atomic E-state index is -3.17. The van der Waals surface area contributed by atoms with Crippen LogP contribution in [0.5, 0.6) is 0 Å². The second kappa shape index (κ2) is 6.39. The zero-order valence-electron chi connectivity index (χ0n) is 13.0. The lowest BCUT2D eigenvalue weighted by Crippen LogP contribution is -2.46. The number of sulfone groups is 1. The number of hydrogen-bond donors (Lipinski definition) is 0. The Bertz CT molecular complexity index is 567. The number of likely N-dealkylation sites (tertiary alicyclic amines) is 1. The monoisotopic (exact) mass is 373 g/mol. The molecule has 118 valence electrons. The molecule has 1 aliphatic rings. The summed E-state index contributed by atoms with van der Waals surface area (Å²) in [4.78, 5) is 2.87. The molecule has 1 heterocycles. The molecule has 0 radical (unpaired) electrons. The van der Waals surface area contributed by atoms with Crippen molar-refractivity contribution in [2.24, 2.45) is 5.92 Å². The predicted octanol–water partition coefficient (Wildman–Crippen LogP) is 3.73. The average molecular weight is 374 g/mol. The van der Waals surface area contributed by atoms with Crippen LogP contribution < -0.4 is 0 Å². The molecule has 0 unspecified atom stereocenters. The van der Waals surface area contributed by atoms with E-state index in [9.17, 15) is 8.42 Å². The summed E-state index contributed by atoms with van der Waals surface area (Å²) in [5, 5.41) is 0. The molecule has 0 aromatic heterocycles. The third kappa shape index (κ3) is 4.54. The van der Waals surface area contributed by atoms with Gasteiger partial charge in [-0.1, -0.05) is 15.9 Å². The maximum Gasteiger partial charge on any atom is 0.178 e. The van der Waals surface area contributed by atoms with Crippen LogP contribution >= 0.6 is 15.9 Å². The first-order chi connectivity index (χ1) is 9.68. The highest BCUT2D eigenvalue weighted by molar-refractivity contribution is 9.10. The molecule has 5 heteroatoms. The van der Waals surface area contributed by atoms with Crippen molar-refractivity contribution in [2.45, 2.75) is 44.0 Å². The van der Waals surface area contributed by atoms with Gasteiger partial charge >= 0.3 is 0 Å². The first kappa shape index (κ1) is 17.0. The van der Waals surface area contributed by atoms with E-state index in [-0.39, 0.29) is 17.2 Å². The summed E-state index contributed by atoms with van der Waals surface area (Å²) in [5.41, 5.74) is 0.176. The Morgan fingerprint density at radius 3 is 2.14 bits per heavy atom. The average Bonchev–Trinajstić information content (AvgIpc) is 2.38. The second-order valence-electron chi connectivity index (χ2n) is 6.84. The van der Waals surface area contributed by atoms with Gasteiger partial charge in [-0.15, -0.1) is 0 Å². The fourth-order valence-electron chi connectivity index (χ4n) is 2.82. The summed E-state index contributed by atoms with van der Waals surface area (Å²) < 4.78 is 25.8. The second-order valence-corrected chi connectivity index (χ2v) is 9.79. The van der Waals surface area contributed by atoms with Crippen LogP contribution in [0.2, 0.25) is 0 Å². The van der Waals surface area contributed by atoms with Crippen LogP contribution in [-0.4, -0.2) is 37.7 Å². The molecule has 1 fully saturated rings. The molecule has 0 N–H and O–H groups in total. The van der Waals surface area contributed by atoms with Crippen molar-refractivity contribution in [3.63, 3.8) is 0 Å². The van der Waals surface area contributed by atoms with Crippen molar-refractivity contribution < 1.29 is 8.42 Å². The van der Waals surface area contributed by atoms with Gasteiger partial charge in [-0.2, -0.15) is 0 Å². The fourth-order valence-corrected chi connectivity index (χ4v) is 4.78. The Balaban J connectivity index is 1.98. The highest BCUT2D eigenvalue weighted by Crippen LogP contribution is 2.26. The molecular formula is C16H24BrNO2S. The van der Waals surface area contributed by atoms with E-state index in [1.165, 1.54) is 0 Å². The molecule has 0 atom stereocenters. The minimum Gasteiger partial charge on any atom is -0.298 e. The molecule has 2 rings (SSSR count). The summed E-state index contributed by atoms with van der Waals surface area (Å²) in [5.74, 6) is 0.546. The van der Waals surface area contributed by atoms with Crippen molar-refractivity contribution in [3.8, 4) is 0 Å². The zero-order valence-corrected chi connectivity index (χ0v) is 15.4. The standard InChI is InChI=1S/C16H24BrNO2S/c1-16(2,3)18-10-8-13(9-11-18)12-21(19,20)15-6-4-14(17)5-7-15/h4-7,13H,8-12H2,1-3H3. The van der Waals surface area contributed by atoms with Gasteiger partial charge in [0.1, 0.15) is 0 Å². The number of nitrogens with zero attached hydrogens (tertiary/aromatic N) is 1. The van der Waals surface area contributed by atoms with Crippen LogP contribution in [0.3, 0.4) is 0 Å². The van der Waals surface area contributed by atoms with E-state index in [0.29, 0.717) is 4.90 Å². The van der Waals surface area contributed by atoms with Gasteiger partial charge in [-0.25, -0.2) is 8.42 Å². The van der Waals surface area contributed by atoms with Crippen LogP contribution in [0, 0.1) is 5.92 Å². The summed E-state index contributed by atoms with van der Waals surface area (Å²) in [6.45, 7) is 8.62. The van der Waals surface area contributed by atoms with Gasteiger partial charge in [0.25, 0.3) is 0 Å². The summed E-state index contributed by atoms with van der Waals surface area (Å²) in [6, 6.07) is 6.94. The predicted molar refractivity (Wildman–Crippen MR) is 90.2 cm³/mol. The van der Waals surface area contributed by atoms with Crippen molar-refractivity contribution in [3.05, 3.63) is 28.7 Å². The quantitative estimate of drug-likeness (QED) is 0.809. The van der Waals surface area contributed by atoms with Crippen LogP contribution in [-0.2, 0) is 9.84 Å². The molecule has 1 aliphatic heterocycles. The van der Waals surface area contributed by atoms with Gasteiger partial charge in [-0.05, 0) is 76.9 Å². The maximum absolute atomic E-state index is 12.5. The van der Waals surface area contributed by atoms with E-state index >= 15 is 0 Å². The Hall–Kier alpha value is -0.390. The Morgan fingerprint density at radius 1 is 1.14 bits per heavy atom. The van der Waals surface area contributed by atoms with Gasteiger partial charge in [0.2, 0.25) is 0 Å². The van der Waals surface area contributed by atoms with Crippen LogP contribution in [0.25, 0.3) is 0 Å². The molecule has 0 bridgehead atoms. The third-order valence-corrected chi connectivity index (χ3v) is 6.62. The number of benzene rings is 1. The first-order valence-electron chi connectivity index (χ1n) is 7.42. The lowest BCUT2D eigenvalue weighted by atomic mass is 9.94. The molecule has 0 spiro atoms. The zero-order chi connectivity index (χ0) is 15.7. The molecule has 1 saturated heterocycles. The Kier molecular flexibility index (Phi) is 5.16. The molecule has 21 heavy (non-hydrogen) atoms. The van der Waals surface area contributed by atoms with Gasteiger partial charge in [0.15, 0.2) is 9.84 Å². The van der Waals surface area contributed by atoms with E-state index in [2.05, 4.69) is 41.6 Å². The van der Waals surface area contributed by atoms with Gasteiger partial charge in [0, 0.05) is 10.0 Å². The lowest BCUT2D eigenvalue weighted by molar-refractivity contribution is 0.0922. The van der Waals surface area contributed by atoms with E-state index in [1.807, 2.05) is 0 Å². The van der Waals surface area contributed by atoms with Crippen LogP contribution in [0.15, 0.2) is 33.6 Å². The lowest BCUT2D eigenvalue weighted by Gasteiger charge is -2.40. The molecule has 1 aromatic carbocycles. The minimum absolute atomic E-state index is 0.176. The summed E-state index contributed by atoms with van der Waals surface area (Å²) in [6.07, 6.45) is 1.93. The number of hydrogen-bond acceptors (Lipinski definition) is 3. The Labute approximate surface area is 136 Å². The number of halogens is 1. The van der Waals surface area contributed by atoms with Gasteiger partial charge in [0.05, 0.1) is 10.6 Å². The highest BCUT2D eigenvalue weighted by Gasteiger charge is 2.29. The van der Waals surface area contributed by atoms with E-state index in [4.69, 9.17) is 0 Å². The number of piperidine rings is 1. The van der Waals surface area contributed by atoms with E-state index < -0.39 is 9.84 Å². The Morgan fingerprint density at radius 2 is 1.67 bits per heavy atom. The van der Waals surface area contributed by atoms with Crippen molar-refractivity contribution in [1.82, 2.24) is 4.90 Å². The van der Waals surface area contributed by atoms with Crippen LogP contribution in [0.4, 0.5) is 0 Å². The van der Waals surface area contributed by atoms with Crippen molar-refractivity contribution in [1.29, 1.82) is 0 Å². The maximum atomic E-state index is 12.5. The fraction of sp³-hybridized carbons (Fsp3) is 0.625. The molecule has 3 nitrogen and oxygen atoms in total. The van der Waals surface area contributed by atoms with E-state index in [0.717, 1.165) is 30.4 Å². The largest absolute Gasteiger partial charge is 0.298 e. The van der Waals surface area contributed by atoms with Gasteiger partial charge in [-0.3, -0.25) is 4.90 Å². The van der Waals surface area contributed by atoms with Crippen LogP contribution in [0.1, 0.15) is 33.6 Å². The highest BCUT2D eigenvalue weighted by atomic mass is 79.9. The summed E-state index contributed by atoms with van der Waals surface area (Å²) >= 11 is 3.34. The topological polar surface area (TPSA) is 37.4 Å². The normalized spacial score (nSPS) is 18.9. The first-order valence-corrected chi connectivity index (χ1v) is 9.86. The SMILES string of the molecule is CC(C)(C)N1CCC(CS(=O)(=O)c2ccc(Br)cc2)CC1. The molecule has 0 amide bonds. The van der Waals surface area contributed by atoms with Gasteiger partial charge < -0.3 is 0 Å². The van der Waals surface area contributed by atoms with Crippen molar-refractivity contribution in [2.75, 3.05) is 18.8 Å². The molecule has 0 aliphatic carbocycles. The molecule has 0 saturated carbocycles.